The van der Waals surface area contributed by atoms with Gasteiger partial charge in [-0.3, -0.25) is 4.79 Å². The molecule has 4 nitrogen and oxygen atoms in total. The van der Waals surface area contributed by atoms with Gasteiger partial charge in [0.05, 0.1) is 7.11 Å². The first-order valence-corrected chi connectivity index (χ1v) is 5.89. The number of carbonyl (C=O) groups is 1. The highest BCUT2D eigenvalue weighted by Gasteiger charge is 2.27. The number of hydrogen-bond acceptors (Lipinski definition) is 3. The third kappa shape index (κ3) is 2.97. The number of nitrogens with one attached hydrogen (secondary N) is 1. The van der Waals surface area contributed by atoms with Crippen molar-refractivity contribution in [1.29, 1.82) is 0 Å². The first kappa shape index (κ1) is 11.9. The Hall–Kier alpha value is -1.55. The van der Waals surface area contributed by atoms with Crippen LogP contribution in [0.3, 0.4) is 0 Å². The molecule has 92 valence electrons. The Morgan fingerprint density at radius 3 is 2.94 bits per heavy atom. The van der Waals surface area contributed by atoms with Crippen LogP contribution >= 0.6 is 0 Å². The van der Waals surface area contributed by atoms with Gasteiger partial charge in [-0.1, -0.05) is 6.07 Å². The number of methoxy groups -OCH3 is 1. The Morgan fingerprint density at radius 1 is 1.47 bits per heavy atom. The van der Waals surface area contributed by atoms with Crippen LogP contribution in [0.25, 0.3) is 0 Å². The van der Waals surface area contributed by atoms with Crippen molar-refractivity contribution < 1.29 is 9.53 Å². The van der Waals surface area contributed by atoms with Crippen LogP contribution in [0.2, 0.25) is 0 Å². The highest BCUT2D eigenvalue weighted by molar-refractivity contribution is 5.92. The monoisotopic (exact) mass is 234 g/mol. The number of hydrogen-bond donors (Lipinski definition) is 2. The molecule has 0 spiro atoms. The predicted molar refractivity (Wildman–Crippen MR) is 66.9 cm³/mol. The Balaban J connectivity index is 1.98. The van der Waals surface area contributed by atoms with Gasteiger partial charge in [0, 0.05) is 23.7 Å². The summed E-state index contributed by atoms with van der Waals surface area (Å²) in [6, 6.07) is 7.55. The van der Waals surface area contributed by atoms with Crippen molar-refractivity contribution in [3.8, 4) is 5.75 Å². The van der Waals surface area contributed by atoms with E-state index in [4.69, 9.17) is 10.5 Å². The fraction of sp³-hybridized carbons (Fsp3) is 0.462. The molecule has 0 bridgehead atoms. The lowest BCUT2D eigenvalue weighted by atomic mass is 10.1. The number of benzene rings is 1. The summed E-state index contributed by atoms with van der Waals surface area (Å²) in [5, 5.41) is 2.90. The summed E-state index contributed by atoms with van der Waals surface area (Å²) in [5.41, 5.74) is 6.57. The Morgan fingerprint density at radius 2 is 2.29 bits per heavy atom. The smallest absolute Gasteiger partial charge is 0.227 e. The van der Waals surface area contributed by atoms with E-state index in [1.54, 1.807) is 7.11 Å². The second-order valence-electron chi connectivity index (χ2n) is 4.49. The van der Waals surface area contributed by atoms with E-state index in [2.05, 4.69) is 5.32 Å². The van der Waals surface area contributed by atoms with Gasteiger partial charge in [-0.05, 0) is 31.4 Å². The maximum Gasteiger partial charge on any atom is 0.227 e. The van der Waals surface area contributed by atoms with Crippen LogP contribution in [0.5, 0.6) is 5.75 Å². The van der Waals surface area contributed by atoms with Gasteiger partial charge in [0.25, 0.3) is 0 Å². The molecule has 1 fully saturated rings. The van der Waals surface area contributed by atoms with Crippen molar-refractivity contribution >= 4 is 11.6 Å². The fourth-order valence-corrected chi connectivity index (χ4v) is 2.20. The van der Waals surface area contributed by atoms with Crippen LogP contribution in [-0.4, -0.2) is 19.1 Å². The van der Waals surface area contributed by atoms with Crippen molar-refractivity contribution in [3.05, 3.63) is 24.3 Å². The molecule has 1 aromatic carbocycles. The second kappa shape index (κ2) is 5.19. The molecule has 1 aliphatic carbocycles. The molecule has 0 heterocycles. The lowest BCUT2D eigenvalue weighted by molar-refractivity contribution is -0.119. The molecule has 0 saturated heterocycles. The SMILES string of the molecule is COc1cccc(NC(=O)[C@H]2CC[C@@H](N)C2)c1. The summed E-state index contributed by atoms with van der Waals surface area (Å²) in [5.74, 6) is 0.855. The third-order valence-electron chi connectivity index (χ3n) is 3.18. The standard InChI is InChI=1S/C13H18N2O2/c1-17-12-4-2-3-11(8-12)15-13(16)9-5-6-10(14)7-9/h2-4,8-10H,5-7,14H2,1H3,(H,15,16)/t9-,10+/m0/s1. The van der Waals surface area contributed by atoms with Crippen LogP contribution < -0.4 is 15.8 Å². The lowest BCUT2D eigenvalue weighted by Gasteiger charge is -2.11. The van der Waals surface area contributed by atoms with E-state index in [0.29, 0.717) is 0 Å². The van der Waals surface area contributed by atoms with E-state index >= 15 is 0 Å². The zero-order valence-corrected chi connectivity index (χ0v) is 9.98. The van der Waals surface area contributed by atoms with E-state index in [0.717, 1.165) is 30.7 Å². The quantitative estimate of drug-likeness (QED) is 0.837. The molecule has 1 amide bonds. The van der Waals surface area contributed by atoms with E-state index in [-0.39, 0.29) is 17.9 Å². The van der Waals surface area contributed by atoms with Crippen LogP contribution in [-0.2, 0) is 4.79 Å². The van der Waals surface area contributed by atoms with Gasteiger partial charge in [-0.2, -0.15) is 0 Å². The number of carbonyl (C=O) groups excluding carboxylic acids is 1. The van der Waals surface area contributed by atoms with E-state index in [1.165, 1.54) is 0 Å². The molecule has 0 radical (unpaired) electrons. The van der Waals surface area contributed by atoms with Crippen LogP contribution in [0, 0.1) is 5.92 Å². The molecule has 4 heteroatoms. The normalized spacial score (nSPS) is 23.4. The maximum atomic E-state index is 12.0. The molecule has 1 aromatic rings. The highest BCUT2D eigenvalue weighted by atomic mass is 16.5. The molecule has 1 saturated carbocycles. The summed E-state index contributed by atoms with van der Waals surface area (Å²) in [7, 11) is 1.61. The first-order valence-electron chi connectivity index (χ1n) is 5.89. The summed E-state index contributed by atoms with van der Waals surface area (Å²) < 4.78 is 5.11. The van der Waals surface area contributed by atoms with Crippen LogP contribution in [0.1, 0.15) is 19.3 Å². The zero-order valence-electron chi connectivity index (χ0n) is 9.98. The van der Waals surface area contributed by atoms with Gasteiger partial charge in [0.2, 0.25) is 5.91 Å². The number of amides is 1. The predicted octanol–water partition coefficient (Wildman–Crippen LogP) is 1.76. The molecule has 1 aliphatic rings. The average molecular weight is 234 g/mol. The van der Waals surface area contributed by atoms with Gasteiger partial charge < -0.3 is 15.8 Å². The summed E-state index contributed by atoms with van der Waals surface area (Å²) >= 11 is 0. The summed E-state index contributed by atoms with van der Waals surface area (Å²) in [6.45, 7) is 0. The summed E-state index contributed by atoms with van der Waals surface area (Å²) in [4.78, 5) is 12.0. The fourth-order valence-electron chi connectivity index (χ4n) is 2.20. The molecule has 2 atom stereocenters. The lowest BCUT2D eigenvalue weighted by Crippen LogP contribution is -2.23. The van der Waals surface area contributed by atoms with Gasteiger partial charge in [0.15, 0.2) is 0 Å². The topological polar surface area (TPSA) is 64.3 Å². The average Bonchev–Trinajstić information content (AvgIpc) is 2.76. The third-order valence-corrected chi connectivity index (χ3v) is 3.18. The number of anilines is 1. The van der Waals surface area contributed by atoms with E-state index < -0.39 is 0 Å². The van der Waals surface area contributed by atoms with Crippen molar-refractivity contribution in [1.82, 2.24) is 0 Å². The Kier molecular flexibility index (Phi) is 3.64. The molecular weight excluding hydrogens is 216 g/mol. The van der Waals surface area contributed by atoms with Gasteiger partial charge >= 0.3 is 0 Å². The van der Waals surface area contributed by atoms with Gasteiger partial charge in [-0.25, -0.2) is 0 Å². The Labute approximate surface area is 101 Å². The van der Waals surface area contributed by atoms with Crippen molar-refractivity contribution in [2.24, 2.45) is 11.7 Å². The minimum atomic E-state index is 0.0520. The van der Waals surface area contributed by atoms with E-state index in [9.17, 15) is 4.79 Å². The maximum absolute atomic E-state index is 12.0. The second-order valence-corrected chi connectivity index (χ2v) is 4.49. The largest absolute Gasteiger partial charge is 0.497 e. The minimum Gasteiger partial charge on any atom is -0.497 e. The van der Waals surface area contributed by atoms with Gasteiger partial charge in [-0.15, -0.1) is 0 Å². The molecule has 0 aromatic heterocycles. The van der Waals surface area contributed by atoms with Crippen molar-refractivity contribution in [3.63, 3.8) is 0 Å². The molecule has 2 rings (SSSR count). The van der Waals surface area contributed by atoms with Crippen molar-refractivity contribution in [2.75, 3.05) is 12.4 Å². The summed E-state index contributed by atoms with van der Waals surface area (Å²) in [6.07, 6.45) is 2.61. The molecule has 0 unspecified atom stereocenters. The van der Waals surface area contributed by atoms with Crippen LogP contribution in [0.4, 0.5) is 5.69 Å². The first-order chi connectivity index (χ1) is 8.19. The molecule has 0 aliphatic heterocycles. The van der Waals surface area contributed by atoms with Crippen LogP contribution in [0.15, 0.2) is 24.3 Å². The van der Waals surface area contributed by atoms with Gasteiger partial charge in [0.1, 0.15) is 5.75 Å². The highest BCUT2D eigenvalue weighted by Crippen LogP contribution is 2.26. The number of rotatable bonds is 3. The number of ether oxygens (including phenoxy) is 1. The molecule has 17 heavy (non-hydrogen) atoms. The molecular formula is C13H18N2O2. The minimum absolute atomic E-state index is 0.0520. The Bertz CT molecular complexity index is 406. The number of nitrogens with two attached hydrogens (primary N) is 1. The zero-order chi connectivity index (χ0) is 12.3. The van der Waals surface area contributed by atoms with E-state index in [1.807, 2.05) is 24.3 Å². The van der Waals surface area contributed by atoms with Crippen molar-refractivity contribution in [2.45, 2.75) is 25.3 Å². The molecule has 3 N–H and O–H groups in total.